The van der Waals surface area contributed by atoms with Crippen molar-refractivity contribution in [2.75, 3.05) is 26.2 Å². The molecule has 1 aromatic rings. The molecule has 0 aliphatic carbocycles. The first kappa shape index (κ1) is 13.0. The molecule has 98 valence electrons. The molecule has 5 nitrogen and oxygen atoms in total. The average molecular weight is 268 g/mol. The van der Waals surface area contributed by atoms with Gasteiger partial charge in [0.25, 0.3) is 0 Å². The first-order valence-corrected chi connectivity index (χ1v) is 7.26. The Labute approximate surface area is 107 Å². The maximum Gasteiger partial charge on any atom is 0.243 e. The van der Waals surface area contributed by atoms with E-state index in [0.717, 1.165) is 0 Å². The van der Waals surface area contributed by atoms with Crippen molar-refractivity contribution in [1.29, 1.82) is 0 Å². The van der Waals surface area contributed by atoms with E-state index in [1.54, 1.807) is 35.2 Å². The first-order chi connectivity index (χ1) is 8.51. The van der Waals surface area contributed by atoms with Crippen molar-refractivity contribution in [3.8, 4) is 0 Å². The number of nitrogens with zero attached hydrogens (tertiary/aromatic N) is 2. The van der Waals surface area contributed by atoms with Crippen LogP contribution in [0.1, 0.15) is 6.92 Å². The molecule has 6 heteroatoms. The number of amides is 1. The molecule has 0 spiro atoms. The Kier molecular flexibility index (Phi) is 3.68. The Morgan fingerprint density at radius 3 is 2.11 bits per heavy atom. The molecule has 1 fully saturated rings. The van der Waals surface area contributed by atoms with Gasteiger partial charge in [0.15, 0.2) is 0 Å². The average Bonchev–Trinajstić information content (AvgIpc) is 2.40. The van der Waals surface area contributed by atoms with Crippen molar-refractivity contribution < 1.29 is 13.2 Å². The van der Waals surface area contributed by atoms with E-state index in [-0.39, 0.29) is 5.91 Å². The highest BCUT2D eigenvalue weighted by Gasteiger charge is 2.28. The molecule has 0 saturated carbocycles. The Balaban J connectivity index is 2.12. The zero-order chi connectivity index (χ0) is 13.2. The summed E-state index contributed by atoms with van der Waals surface area (Å²) in [6, 6.07) is 8.38. The second-order valence-electron chi connectivity index (χ2n) is 4.22. The van der Waals surface area contributed by atoms with Gasteiger partial charge < -0.3 is 4.90 Å². The van der Waals surface area contributed by atoms with Crippen LogP contribution in [0.2, 0.25) is 0 Å². The van der Waals surface area contributed by atoms with Crippen LogP contribution < -0.4 is 0 Å². The molecule has 1 saturated heterocycles. The third-order valence-electron chi connectivity index (χ3n) is 3.06. The van der Waals surface area contributed by atoms with Gasteiger partial charge in [-0.3, -0.25) is 4.79 Å². The minimum atomic E-state index is -3.42. The van der Waals surface area contributed by atoms with E-state index in [1.807, 2.05) is 0 Å². The van der Waals surface area contributed by atoms with Crippen LogP contribution in [0.5, 0.6) is 0 Å². The molecule has 2 rings (SSSR count). The quantitative estimate of drug-likeness (QED) is 0.786. The van der Waals surface area contributed by atoms with Crippen LogP contribution in [-0.2, 0) is 14.8 Å². The van der Waals surface area contributed by atoms with Gasteiger partial charge in [0.05, 0.1) is 4.90 Å². The fourth-order valence-corrected chi connectivity index (χ4v) is 3.43. The van der Waals surface area contributed by atoms with Crippen LogP contribution in [0.25, 0.3) is 0 Å². The molecule has 0 bridgehead atoms. The molecule has 0 radical (unpaired) electrons. The highest BCUT2D eigenvalue weighted by molar-refractivity contribution is 7.89. The summed E-state index contributed by atoms with van der Waals surface area (Å²) in [7, 11) is -3.42. The standard InChI is InChI=1S/C12H16N2O3S/c1-11(15)13-7-9-14(10-8-13)18(16,17)12-5-3-2-4-6-12/h2-6H,7-10H2,1H3. The number of rotatable bonds is 2. The minimum Gasteiger partial charge on any atom is -0.340 e. The van der Waals surface area contributed by atoms with Crippen LogP contribution >= 0.6 is 0 Å². The van der Waals surface area contributed by atoms with Crippen LogP contribution in [0, 0.1) is 0 Å². The van der Waals surface area contributed by atoms with E-state index in [1.165, 1.54) is 11.2 Å². The predicted octanol–water partition coefficient (Wildman–Crippen LogP) is 0.539. The SMILES string of the molecule is CC(=O)N1CCN(S(=O)(=O)c2ccccc2)CC1. The first-order valence-electron chi connectivity index (χ1n) is 5.82. The number of carbonyl (C=O) groups is 1. The van der Waals surface area contributed by atoms with E-state index in [9.17, 15) is 13.2 Å². The molecule has 0 atom stereocenters. The number of benzene rings is 1. The maximum absolute atomic E-state index is 12.3. The molecule has 1 aromatic carbocycles. The molecule has 1 aliphatic rings. The normalized spacial score (nSPS) is 17.7. The third kappa shape index (κ3) is 2.54. The lowest BCUT2D eigenvalue weighted by Crippen LogP contribution is -2.49. The third-order valence-corrected chi connectivity index (χ3v) is 4.98. The smallest absolute Gasteiger partial charge is 0.243 e. The highest BCUT2D eigenvalue weighted by atomic mass is 32.2. The van der Waals surface area contributed by atoms with Gasteiger partial charge in [-0.2, -0.15) is 4.31 Å². The Morgan fingerprint density at radius 1 is 1.06 bits per heavy atom. The molecule has 0 unspecified atom stereocenters. The van der Waals surface area contributed by atoms with Gasteiger partial charge in [0.1, 0.15) is 0 Å². The van der Waals surface area contributed by atoms with Gasteiger partial charge in [0, 0.05) is 33.1 Å². The van der Waals surface area contributed by atoms with Gasteiger partial charge >= 0.3 is 0 Å². The van der Waals surface area contributed by atoms with Gasteiger partial charge in [-0.05, 0) is 12.1 Å². The molecule has 0 aromatic heterocycles. The summed E-state index contributed by atoms with van der Waals surface area (Å²) in [5.41, 5.74) is 0. The minimum absolute atomic E-state index is 0.00763. The Bertz CT molecular complexity index is 520. The van der Waals surface area contributed by atoms with Crippen molar-refractivity contribution in [1.82, 2.24) is 9.21 Å². The lowest BCUT2D eigenvalue weighted by atomic mass is 10.3. The van der Waals surface area contributed by atoms with Crippen LogP contribution in [0.15, 0.2) is 35.2 Å². The second kappa shape index (κ2) is 5.07. The van der Waals surface area contributed by atoms with E-state index in [2.05, 4.69) is 0 Å². The van der Waals surface area contributed by atoms with E-state index in [4.69, 9.17) is 0 Å². The molecule has 1 aliphatic heterocycles. The van der Waals surface area contributed by atoms with Crippen LogP contribution in [-0.4, -0.2) is 49.7 Å². The predicted molar refractivity (Wildman–Crippen MR) is 67.5 cm³/mol. The zero-order valence-corrected chi connectivity index (χ0v) is 11.1. The Hall–Kier alpha value is -1.40. The van der Waals surface area contributed by atoms with Crippen molar-refractivity contribution in [2.45, 2.75) is 11.8 Å². The van der Waals surface area contributed by atoms with Gasteiger partial charge in [-0.1, -0.05) is 18.2 Å². The van der Waals surface area contributed by atoms with Crippen molar-refractivity contribution in [2.24, 2.45) is 0 Å². The fourth-order valence-electron chi connectivity index (χ4n) is 1.98. The molecular formula is C12H16N2O3S. The molecular weight excluding hydrogens is 252 g/mol. The largest absolute Gasteiger partial charge is 0.340 e. The zero-order valence-electron chi connectivity index (χ0n) is 10.2. The summed E-state index contributed by atoms with van der Waals surface area (Å²) in [5.74, 6) is -0.00763. The van der Waals surface area contributed by atoms with Crippen molar-refractivity contribution in [3.05, 3.63) is 30.3 Å². The number of carbonyl (C=O) groups excluding carboxylic acids is 1. The summed E-state index contributed by atoms with van der Waals surface area (Å²) in [6.45, 7) is 3.14. The lowest BCUT2D eigenvalue weighted by Gasteiger charge is -2.33. The summed E-state index contributed by atoms with van der Waals surface area (Å²) in [4.78, 5) is 13.2. The van der Waals surface area contributed by atoms with Crippen molar-refractivity contribution in [3.63, 3.8) is 0 Å². The molecule has 0 N–H and O–H groups in total. The number of hydrogen-bond acceptors (Lipinski definition) is 3. The topological polar surface area (TPSA) is 57.7 Å². The lowest BCUT2D eigenvalue weighted by molar-refractivity contribution is -0.129. The van der Waals surface area contributed by atoms with Crippen LogP contribution in [0.3, 0.4) is 0 Å². The summed E-state index contributed by atoms with van der Waals surface area (Å²) >= 11 is 0. The van der Waals surface area contributed by atoms with Crippen molar-refractivity contribution >= 4 is 15.9 Å². The monoisotopic (exact) mass is 268 g/mol. The van der Waals surface area contributed by atoms with Crippen LogP contribution in [0.4, 0.5) is 0 Å². The Morgan fingerprint density at radius 2 is 1.61 bits per heavy atom. The summed E-state index contributed by atoms with van der Waals surface area (Å²) < 4.78 is 26.0. The molecule has 18 heavy (non-hydrogen) atoms. The molecule has 1 heterocycles. The van der Waals surface area contributed by atoms with E-state index >= 15 is 0 Å². The number of piperazine rings is 1. The second-order valence-corrected chi connectivity index (χ2v) is 6.16. The van der Waals surface area contributed by atoms with Gasteiger partial charge in [-0.15, -0.1) is 0 Å². The van der Waals surface area contributed by atoms with E-state index < -0.39 is 10.0 Å². The van der Waals surface area contributed by atoms with Gasteiger partial charge in [0.2, 0.25) is 15.9 Å². The van der Waals surface area contributed by atoms with E-state index in [0.29, 0.717) is 31.1 Å². The highest BCUT2D eigenvalue weighted by Crippen LogP contribution is 2.16. The molecule has 1 amide bonds. The summed E-state index contributed by atoms with van der Waals surface area (Å²) in [6.07, 6.45) is 0. The fraction of sp³-hybridized carbons (Fsp3) is 0.417. The van der Waals surface area contributed by atoms with Gasteiger partial charge in [-0.25, -0.2) is 8.42 Å². The number of sulfonamides is 1. The number of hydrogen-bond donors (Lipinski definition) is 0. The summed E-state index contributed by atoms with van der Waals surface area (Å²) in [5, 5.41) is 0. The maximum atomic E-state index is 12.3.